The Balaban J connectivity index is -0.000000163. The predicted octanol–water partition coefficient (Wildman–Crippen LogP) is 0.578. The molecular weight excluding hydrogens is 994 g/mol. The molecule has 0 spiro atoms. The number of hydrogen-bond donors (Lipinski definition) is 6. The molecule has 0 amide bonds. The normalized spacial score (nSPS) is 12.1. The Kier molecular flexibility index (Phi) is 94.9. The maximum absolute atomic E-state index is 10.2. The van der Waals surface area contributed by atoms with Gasteiger partial charge in [-0.25, -0.2) is 0 Å². The molecule has 0 aromatic carbocycles. The fraction of sp³-hybridized carbons (Fsp3) is 0.842. The molecule has 12 nitrogen and oxygen atoms in total. The number of hydrogen-bond acceptors (Lipinski definition) is 12. The van der Waals surface area contributed by atoms with E-state index in [2.05, 4.69) is 57.2 Å². The van der Waals surface area contributed by atoms with E-state index >= 15 is 0 Å². The fourth-order valence-corrected chi connectivity index (χ4v) is 7.13. The molecule has 0 aromatic heterocycles. The van der Waals surface area contributed by atoms with E-state index in [9.17, 15) is 45.0 Å². The number of carbonyl (C=O) groups is 3. The molecule has 0 heterocycles. The van der Waals surface area contributed by atoms with Crippen LogP contribution in [0.2, 0.25) is 0 Å². The zero-order valence-corrected chi connectivity index (χ0v) is 56.8. The van der Waals surface area contributed by atoms with E-state index in [1.165, 1.54) is 57.8 Å². The minimum Gasteiger partial charge on any atom is -0.550 e. The van der Waals surface area contributed by atoms with Gasteiger partial charge in [0.2, 0.25) is 0 Å². The zero-order chi connectivity index (χ0) is 52.3. The van der Waals surface area contributed by atoms with E-state index in [1.807, 2.05) is 0 Å². The molecule has 0 aromatic rings. The van der Waals surface area contributed by atoms with Gasteiger partial charge in [-0.15, -0.1) is 0 Å². The second-order valence-corrected chi connectivity index (χ2v) is 18.7. The Hall–Kier alpha value is 2.30. The number of carboxylic acids is 3. The Morgan fingerprint density at radius 1 is 0.333 bits per heavy atom. The van der Waals surface area contributed by atoms with Gasteiger partial charge in [-0.3, -0.25) is 0 Å². The van der Waals surface area contributed by atoms with Crippen molar-refractivity contribution in [3.05, 3.63) is 36.5 Å². The molecule has 15 heteroatoms. The molecule has 3 atom stereocenters. The van der Waals surface area contributed by atoms with Crippen molar-refractivity contribution in [2.45, 2.75) is 296 Å². The van der Waals surface area contributed by atoms with E-state index in [0.717, 1.165) is 173 Å². The van der Waals surface area contributed by atoms with E-state index in [1.54, 1.807) is 0 Å². The molecule has 72 heavy (non-hydrogen) atoms. The van der Waals surface area contributed by atoms with Crippen LogP contribution in [-0.4, -0.2) is 86.2 Å². The maximum Gasteiger partial charge on any atom is 1.00 e. The topological polar surface area (TPSA) is 242 Å². The molecular formula is C57H107K3O12. The molecule has 410 valence electrons. The smallest absolute Gasteiger partial charge is 0.550 e. The van der Waals surface area contributed by atoms with Crippen molar-refractivity contribution in [3.63, 3.8) is 0 Å². The van der Waals surface area contributed by atoms with Crippen molar-refractivity contribution in [2.24, 2.45) is 0 Å². The van der Waals surface area contributed by atoms with Gasteiger partial charge in [-0.05, 0) is 116 Å². The van der Waals surface area contributed by atoms with Crippen LogP contribution in [0, 0.1) is 0 Å². The molecule has 6 N–H and O–H groups in total. The van der Waals surface area contributed by atoms with Gasteiger partial charge in [0.1, 0.15) is 6.10 Å². The minimum atomic E-state index is -0.954. The van der Waals surface area contributed by atoms with E-state index in [-0.39, 0.29) is 205 Å². The molecule has 3 unspecified atom stereocenters. The molecule has 0 radical (unpaired) electrons. The van der Waals surface area contributed by atoms with Crippen molar-refractivity contribution >= 4 is 17.9 Å². The van der Waals surface area contributed by atoms with Crippen LogP contribution in [0.15, 0.2) is 36.5 Å². The molecule has 0 bridgehead atoms. The van der Waals surface area contributed by atoms with Gasteiger partial charge in [0.05, 0.1) is 31.5 Å². The first-order valence-electron chi connectivity index (χ1n) is 27.8. The van der Waals surface area contributed by atoms with Gasteiger partial charge in [0.25, 0.3) is 0 Å². The predicted molar refractivity (Wildman–Crippen MR) is 278 cm³/mol. The third-order valence-electron chi connectivity index (χ3n) is 11.6. The SMILES string of the molecule is CCCCCCC(O)C/C=C/CCCCCCCC(=O)[O-].CCCCCCC(O)C/C=C/CCCCCCCC(=O)[O-].CCCCCCC(O)C/C=C/CCCCCCCC(=O)[O-].OCC(O)CO.[K+].[K+].[K+]. The summed E-state index contributed by atoms with van der Waals surface area (Å²) in [6.07, 6.45) is 50.1. The number of aliphatic hydroxyl groups is 6. The van der Waals surface area contributed by atoms with Gasteiger partial charge in [-0.1, -0.05) is 192 Å². The molecule has 0 rings (SSSR count). The van der Waals surface area contributed by atoms with Crippen molar-refractivity contribution in [1.82, 2.24) is 0 Å². The summed E-state index contributed by atoms with van der Waals surface area (Å²) in [5, 5.41) is 84.0. The van der Waals surface area contributed by atoms with Gasteiger partial charge >= 0.3 is 154 Å². The Morgan fingerprint density at radius 2 is 0.556 bits per heavy atom. The number of aliphatic hydroxyl groups excluding tert-OH is 6. The molecule has 0 aliphatic heterocycles. The van der Waals surface area contributed by atoms with Crippen LogP contribution in [0.1, 0.15) is 271 Å². The number of carbonyl (C=O) groups excluding carboxylic acids is 3. The van der Waals surface area contributed by atoms with Gasteiger partial charge < -0.3 is 60.3 Å². The van der Waals surface area contributed by atoms with Crippen LogP contribution in [-0.2, 0) is 14.4 Å². The summed E-state index contributed by atoms with van der Waals surface area (Å²) in [4.78, 5) is 30.7. The van der Waals surface area contributed by atoms with E-state index in [0.29, 0.717) is 0 Å². The number of unbranched alkanes of at least 4 members (excludes halogenated alkanes) is 24. The number of allylic oxidation sites excluding steroid dienone is 3. The van der Waals surface area contributed by atoms with Crippen molar-refractivity contribution in [1.29, 1.82) is 0 Å². The van der Waals surface area contributed by atoms with Gasteiger partial charge in [0.15, 0.2) is 0 Å². The summed E-state index contributed by atoms with van der Waals surface area (Å²) >= 11 is 0. The number of rotatable bonds is 47. The number of carboxylic acid groups (broad SMARTS) is 3. The standard InChI is InChI=1S/3C18H34O3.C3H8O3.3K/c3*1-2-3-4-11-14-17(19)15-12-9-7-5-6-8-10-13-16-18(20)21;4-1-3(6)2-5;;;/h3*9,12,17,19H,2-8,10-11,13-16H2,1H3,(H,20,21);3-6H,1-2H2;;;/q;;;;3*+1/p-3/b3*12-9+;;;;. The quantitative estimate of drug-likeness (QED) is 0.0279. The monoisotopic (exact) mass is 1100 g/mol. The number of aliphatic carboxylic acids is 3. The summed E-state index contributed by atoms with van der Waals surface area (Å²) in [7, 11) is 0. The summed E-state index contributed by atoms with van der Waals surface area (Å²) in [6, 6.07) is 0. The molecule has 0 aliphatic carbocycles. The largest absolute Gasteiger partial charge is 1.00 e. The summed E-state index contributed by atoms with van der Waals surface area (Å²) in [6.45, 7) is 5.86. The third kappa shape index (κ3) is 91.7. The zero-order valence-electron chi connectivity index (χ0n) is 47.4. The van der Waals surface area contributed by atoms with Crippen LogP contribution < -0.4 is 169 Å². The molecule has 0 saturated heterocycles. The Labute approximate surface area is 569 Å². The van der Waals surface area contributed by atoms with Crippen LogP contribution >= 0.6 is 0 Å². The van der Waals surface area contributed by atoms with Crippen molar-refractivity contribution in [3.8, 4) is 0 Å². The van der Waals surface area contributed by atoms with E-state index < -0.39 is 24.0 Å². The van der Waals surface area contributed by atoms with E-state index in [4.69, 9.17) is 15.3 Å². The minimum absolute atomic E-state index is 0. The van der Waals surface area contributed by atoms with Crippen LogP contribution in [0.4, 0.5) is 0 Å². The summed E-state index contributed by atoms with van der Waals surface area (Å²) < 4.78 is 0. The average Bonchev–Trinajstić information content (AvgIpc) is 3.32. The van der Waals surface area contributed by atoms with Crippen LogP contribution in [0.5, 0.6) is 0 Å². The van der Waals surface area contributed by atoms with Crippen LogP contribution in [0.3, 0.4) is 0 Å². The third-order valence-corrected chi connectivity index (χ3v) is 11.6. The molecule has 0 aliphatic rings. The second kappa shape index (κ2) is 77.5. The second-order valence-electron chi connectivity index (χ2n) is 18.7. The maximum atomic E-state index is 10.2. The fourth-order valence-electron chi connectivity index (χ4n) is 7.13. The first-order chi connectivity index (χ1) is 33.3. The molecule has 0 fully saturated rings. The summed E-state index contributed by atoms with van der Waals surface area (Å²) in [5.41, 5.74) is 0. The Bertz CT molecular complexity index is 1010. The Morgan fingerprint density at radius 3 is 0.764 bits per heavy atom. The van der Waals surface area contributed by atoms with Gasteiger partial charge in [0, 0.05) is 17.9 Å². The average molecular weight is 1100 g/mol. The van der Waals surface area contributed by atoms with Crippen molar-refractivity contribution in [2.75, 3.05) is 13.2 Å². The van der Waals surface area contributed by atoms with Gasteiger partial charge in [-0.2, -0.15) is 0 Å². The molecule has 0 saturated carbocycles. The van der Waals surface area contributed by atoms with Crippen LogP contribution in [0.25, 0.3) is 0 Å². The summed E-state index contributed by atoms with van der Waals surface area (Å²) in [5.74, 6) is -2.82. The van der Waals surface area contributed by atoms with Crippen molar-refractivity contribution < 1.29 is 214 Å². The first kappa shape index (κ1) is 88.1. The first-order valence-corrected chi connectivity index (χ1v) is 27.8.